The van der Waals surface area contributed by atoms with E-state index in [0.29, 0.717) is 43.2 Å². The molecule has 2 heterocycles. The number of ether oxygens (including phenoxy) is 1. The van der Waals surface area contributed by atoms with Gasteiger partial charge in [-0.1, -0.05) is 24.1 Å². The van der Waals surface area contributed by atoms with Gasteiger partial charge in [-0.15, -0.1) is 0 Å². The standard InChI is InChI=1S/C26H24N4O3/c1-2-6-24(31)30-17-15-29(16-18-30)23-14-13-22(26(27)32)25(28-23)19-9-11-21(12-10-19)33-20-7-4-3-5-8-20/h3-5,7-14H,15-18H2,1H3,(H2,27,32). The summed E-state index contributed by atoms with van der Waals surface area (Å²) in [5.41, 5.74) is 7.25. The number of nitrogens with zero attached hydrogens (tertiary/aromatic N) is 3. The van der Waals surface area contributed by atoms with E-state index in [1.807, 2.05) is 54.6 Å². The summed E-state index contributed by atoms with van der Waals surface area (Å²) < 4.78 is 5.85. The lowest BCUT2D eigenvalue weighted by Gasteiger charge is -2.34. The number of para-hydroxylation sites is 1. The van der Waals surface area contributed by atoms with E-state index in [-0.39, 0.29) is 5.91 Å². The molecule has 1 fully saturated rings. The van der Waals surface area contributed by atoms with Gasteiger partial charge in [-0.25, -0.2) is 4.98 Å². The summed E-state index contributed by atoms with van der Waals surface area (Å²) in [6.07, 6.45) is 0. The highest BCUT2D eigenvalue weighted by atomic mass is 16.5. The van der Waals surface area contributed by atoms with Gasteiger partial charge in [0, 0.05) is 31.7 Å². The molecule has 0 atom stereocenters. The zero-order chi connectivity index (χ0) is 23.2. The SMILES string of the molecule is CC#CC(=O)N1CCN(c2ccc(C(N)=O)c(-c3ccc(Oc4ccccc4)cc3)n2)CC1. The van der Waals surface area contributed by atoms with Gasteiger partial charge in [0.15, 0.2) is 0 Å². The predicted molar refractivity (Wildman–Crippen MR) is 127 cm³/mol. The molecule has 0 unspecified atom stereocenters. The minimum atomic E-state index is -0.540. The van der Waals surface area contributed by atoms with E-state index in [4.69, 9.17) is 15.5 Å². The van der Waals surface area contributed by atoms with Crippen LogP contribution < -0.4 is 15.4 Å². The van der Waals surface area contributed by atoms with Crippen molar-refractivity contribution in [3.63, 3.8) is 0 Å². The van der Waals surface area contributed by atoms with E-state index in [1.54, 1.807) is 24.0 Å². The molecule has 4 rings (SSSR count). The Morgan fingerprint density at radius 1 is 0.909 bits per heavy atom. The predicted octanol–water partition coefficient (Wildman–Crippen LogP) is 3.31. The molecule has 1 saturated heterocycles. The Labute approximate surface area is 192 Å². The molecule has 0 saturated carbocycles. The summed E-state index contributed by atoms with van der Waals surface area (Å²) in [7, 11) is 0. The third-order valence-corrected chi connectivity index (χ3v) is 5.38. The molecule has 33 heavy (non-hydrogen) atoms. The van der Waals surface area contributed by atoms with Crippen LogP contribution in [0.25, 0.3) is 11.3 Å². The molecular formula is C26H24N4O3. The highest BCUT2D eigenvalue weighted by Gasteiger charge is 2.22. The lowest BCUT2D eigenvalue weighted by molar-refractivity contribution is -0.125. The lowest BCUT2D eigenvalue weighted by Crippen LogP contribution is -2.48. The third-order valence-electron chi connectivity index (χ3n) is 5.38. The molecule has 2 aromatic carbocycles. The van der Waals surface area contributed by atoms with E-state index in [0.717, 1.165) is 17.1 Å². The van der Waals surface area contributed by atoms with Gasteiger partial charge in [-0.2, -0.15) is 0 Å². The molecule has 0 aliphatic carbocycles. The van der Waals surface area contributed by atoms with Gasteiger partial charge in [0.05, 0.1) is 11.3 Å². The summed E-state index contributed by atoms with van der Waals surface area (Å²) in [4.78, 5) is 32.6. The molecule has 0 spiro atoms. The number of hydrogen-bond acceptors (Lipinski definition) is 5. The Bertz CT molecular complexity index is 1210. The van der Waals surface area contributed by atoms with Crippen LogP contribution in [0.4, 0.5) is 5.82 Å². The van der Waals surface area contributed by atoms with E-state index in [9.17, 15) is 9.59 Å². The number of amides is 2. The number of rotatable bonds is 5. The van der Waals surface area contributed by atoms with Crippen molar-refractivity contribution in [3.05, 3.63) is 72.3 Å². The van der Waals surface area contributed by atoms with Crippen molar-refractivity contribution in [3.8, 4) is 34.6 Å². The molecular weight excluding hydrogens is 416 g/mol. The average Bonchev–Trinajstić information content (AvgIpc) is 2.85. The maximum Gasteiger partial charge on any atom is 0.298 e. The van der Waals surface area contributed by atoms with Crippen LogP contribution in [0.15, 0.2) is 66.7 Å². The molecule has 1 aliphatic rings. The van der Waals surface area contributed by atoms with Gasteiger partial charge in [-0.05, 0) is 61.4 Å². The highest BCUT2D eigenvalue weighted by molar-refractivity contribution is 5.99. The van der Waals surface area contributed by atoms with Crippen LogP contribution in [0.3, 0.4) is 0 Å². The average molecular weight is 441 g/mol. The quantitative estimate of drug-likeness (QED) is 0.615. The van der Waals surface area contributed by atoms with Gasteiger partial charge in [-0.3, -0.25) is 9.59 Å². The first kappa shape index (κ1) is 21.9. The summed E-state index contributed by atoms with van der Waals surface area (Å²) in [6, 6.07) is 20.4. The van der Waals surface area contributed by atoms with E-state index in [2.05, 4.69) is 16.7 Å². The fourth-order valence-electron chi connectivity index (χ4n) is 3.67. The Kier molecular flexibility index (Phi) is 6.56. The van der Waals surface area contributed by atoms with Crippen LogP contribution in [0, 0.1) is 11.8 Å². The first-order valence-corrected chi connectivity index (χ1v) is 10.7. The number of hydrogen-bond donors (Lipinski definition) is 1. The van der Waals surface area contributed by atoms with Crippen LogP contribution in [0.2, 0.25) is 0 Å². The molecule has 3 aromatic rings. The van der Waals surface area contributed by atoms with Crippen molar-refractivity contribution in [2.75, 3.05) is 31.1 Å². The lowest BCUT2D eigenvalue weighted by atomic mass is 10.0. The van der Waals surface area contributed by atoms with Crippen molar-refractivity contribution >= 4 is 17.6 Å². The fourth-order valence-corrected chi connectivity index (χ4v) is 3.67. The number of primary amides is 1. The minimum Gasteiger partial charge on any atom is -0.457 e. The third kappa shape index (κ3) is 5.13. The van der Waals surface area contributed by atoms with Crippen molar-refractivity contribution in [2.24, 2.45) is 5.73 Å². The summed E-state index contributed by atoms with van der Waals surface area (Å²) in [5.74, 6) is 6.68. The Morgan fingerprint density at radius 2 is 1.58 bits per heavy atom. The summed E-state index contributed by atoms with van der Waals surface area (Å²) >= 11 is 0. The summed E-state index contributed by atoms with van der Waals surface area (Å²) in [5, 5.41) is 0. The zero-order valence-electron chi connectivity index (χ0n) is 18.3. The Hall–Kier alpha value is -4.31. The Morgan fingerprint density at radius 3 is 2.21 bits per heavy atom. The van der Waals surface area contributed by atoms with Crippen LogP contribution >= 0.6 is 0 Å². The number of nitrogens with two attached hydrogens (primary N) is 1. The van der Waals surface area contributed by atoms with Gasteiger partial charge >= 0.3 is 0 Å². The van der Waals surface area contributed by atoms with Gasteiger partial charge in [0.2, 0.25) is 0 Å². The van der Waals surface area contributed by atoms with Crippen LogP contribution in [-0.4, -0.2) is 47.9 Å². The second kappa shape index (κ2) is 9.88. The molecule has 2 N–H and O–H groups in total. The van der Waals surface area contributed by atoms with Crippen molar-refractivity contribution < 1.29 is 14.3 Å². The first-order valence-electron chi connectivity index (χ1n) is 10.7. The summed E-state index contributed by atoms with van der Waals surface area (Å²) in [6.45, 7) is 4.04. The van der Waals surface area contributed by atoms with Crippen LogP contribution in [0.5, 0.6) is 11.5 Å². The zero-order valence-corrected chi connectivity index (χ0v) is 18.3. The number of carbonyl (C=O) groups excluding carboxylic acids is 2. The first-order chi connectivity index (χ1) is 16.0. The normalized spacial score (nSPS) is 13.1. The molecule has 0 bridgehead atoms. The second-order valence-electron chi connectivity index (χ2n) is 7.52. The molecule has 7 heteroatoms. The van der Waals surface area contributed by atoms with Crippen LogP contribution in [-0.2, 0) is 4.79 Å². The molecule has 0 radical (unpaired) electrons. The maximum atomic E-state index is 12.1. The van der Waals surface area contributed by atoms with Crippen LogP contribution in [0.1, 0.15) is 17.3 Å². The number of benzene rings is 2. The highest BCUT2D eigenvalue weighted by Crippen LogP contribution is 2.29. The number of aromatic nitrogens is 1. The monoisotopic (exact) mass is 440 g/mol. The number of pyridine rings is 1. The number of anilines is 1. The fraction of sp³-hybridized carbons (Fsp3) is 0.192. The molecule has 7 nitrogen and oxygen atoms in total. The van der Waals surface area contributed by atoms with E-state index >= 15 is 0 Å². The minimum absolute atomic E-state index is 0.160. The second-order valence-corrected chi connectivity index (χ2v) is 7.52. The molecule has 2 amide bonds. The van der Waals surface area contributed by atoms with Crippen molar-refractivity contribution in [1.29, 1.82) is 0 Å². The largest absolute Gasteiger partial charge is 0.457 e. The Balaban J connectivity index is 1.55. The maximum absolute atomic E-state index is 12.1. The van der Waals surface area contributed by atoms with Gasteiger partial charge in [0.1, 0.15) is 17.3 Å². The molecule has 166 valence electrons. The molecule has 1 aliphatic heterocycles. The molecule has 1 aromatic heterocycles. The number of piperazine rings is 1. The van der Waals surface area contributed by atoms with E-state index < -0.39 is 5.91 Å². The van der Waals surface area contributed by atoms with Gasteiger partial charge in [0.25, 0.3) is 11.8 Å². The number of carbonyl (C=O) groups is 2. The smallest absolute Gasteiger partial charge is 0.298 e. The van der Waals surface area contributed by atoms with Gasteiger partial charge < -0.3 is 20.3 Å². The van der Waals surface area contributed by atoms with E-state index in [1.165, 1.54) is 0 Å². The topological polar surface area (TPSA) is 88.8 Å². The van der Waals surface area contributed by atoms with Crippen molar-refractivity contribution in [2.45, 2.75) is 6.92 Å². The van der Waals surface area contributed by atoms with Crippen molar-refractivity contribution in [1.82, 2.24) is 9.88 Å².